The monoisotopic (exact) mass is 394 g/mol. The fourth-order valence-electron chi connectivity index (χ4n) is 5.29. The van der Waals surface area contributed by atoms with Crippen LogP contribution >= 0.6 is 0 Å². The van der Waals surface area contributed by atoms with Crippen LogP contribution in [-0.4, -0.2) is 104 Å². The van der Waals surface area contributed by atoms with Crippen molar-refractivity contribution in [1.82, 2.24) is 29.6 Å². The van der Waals surface area contributed by atoms with Gasteiger partial charge in [-0.2, -0.15) is 0 Å². The van der Waals surface area contributed by atoms with Crippen LogP contribution in [0.4, 0.5) is 0 Å². The highest BCUT2D eigenvalue weighted by molar-refractivity contribution is 5.84. The Hall–Kier alpha value is -2.73. The summed E-state index contributed by atoms with van der Waals surface area (Å²) in [6.45, 7) is 5.34. The second-order valence-corrected chi connectivity index (χ2v) is 7.28. The minimum absolute atomic E-state index is 0.366. The number of carbonyl (C=O) groups is 5. The van der Waals surface area contributed by atoms with E-state index in [1.165, 1.54) is 64.4 Å². The Morgan fingerprint density at radius 2 is 0.964 bits per heavy atom. The van der Waals surface area contributed by atoms with E-state index in [9.17, 15) is 24.0 Å². The summed E-state index contributed by atoms with van der Waals surface area (Å²) in [5.74, 6) is -1.50. The van der Waals surface area contributed by atoms with Crippen LogP contribution < -0.4 is 0 Å². The van der Waals surface area contributed by atoms with Crippen molar-refractivity contribution in [2.24, 2.45) is 0 Å². The topological polar surface area (TPSA) is 114 Å². The van der Waals surface area contributed by atoms with Crippen LogP contribution in [0.3, 0.4) is 0 Å². The van der Waals surface area contributed by atoms with Gasteiger partial charge < -0.3 is 0 Å². The molecule has 6 atom stereocenters. The quantitative estimate of drug-likeness (QED) is 0.485. The van der Waals surface area contributed by atoms with Crippen molar-refractivity contribution in [2.45, 2.75) is 64.7 Å². The highest BCUT2D eigenvalue weighted by Crippen LogP contribution is 2.51. The molecule has 12 heteroatoms. The molecule has 28 heavy (non-hydrogen) atoms. The minimum Gasteiger partial charge on any atom is -0.298 e. The van der Waals surface area contributed by atoms with E-state index in [0.29, 0.717) is 6.41 Å². The van der Waals surface area contributed by atoms with Gasteiger partial charge in [-0.05, 0) is 0 Å². The van der Waals surface area contributed by atoms with Gasteiger partial charge in [-0.15, -0.1) is 5.06 Å². The van der Waals surface area contributed by atoms with Crippen LogP contribution in [-0.2, 0) is 28.8 Å². The van der Waals surface area contributed by atoms with E-state index < -0.39 is 37.0 Å². The summed E-state index contributed by atoms with van der Waals surface area (Å²) in [7, 11) is 1.39. The predicted octanol–water partition coefficient (Wildman–Crippen LogP) is -2.29. The van der Waals surface area contributed by atoms with Crippen LogP contribution in [0, 0.1) is 0 Å². The average molecular weight is 394 g/mol. The van der Waals surface area contributed by atoms with Crippen LogP contribution in [0.15, 0.2) is 0 Å². The summed E-state index contributed by atoms with van der Waals surface area (Å²) in [6.07, 6.45) is -4.60. The molecule has 5 fully saturated rings. The summed E-state index contributed by atoms with van der Waals surface area (Å²) >= 11 is 0. The molecule has 5 aliphatic heterocycles. The Bertz CT molecular complexity index is 732. The van der Waals surface area contributed by atoms with Gasteiger partial charge in [0.15, 0.2) is 12.3 Å². The normalized spacial score (nSPS) is 35.7. The molecule has 0 aromatic rings. The van der Waals surface area contributed by atoms with Gasteiger partial charge in [0.1, 0.15) is 24.7 Å². The molecule has 6 bridgehead atoms. The molecule has 5 heterocycles. The second kappa shape index (κ2) is 5.88. The van der Waals surface area contributed by atoms with E-state index >= 15 is 0 Å². The van der Waals surface area contributed by atoms with Gasteiger partial charge in [-0.25, -0.2) is 0 Å². The van der Waals surface area contributed by atoms with Gasteiger partial charge in [0, 0.05) is 27.7 Å². The Balaban J connectivity index is 2.06. The second-order valence-electron chi connectivity index (χ2n) is 7.28. The highest BCUT2D eigenvalue weighted by atomic mass is 16.7. The largest absolute Gasteiger partial charge is 0.298 e. The van der Waals surface area contributed by atoms with Gasteiger partial charge in [0.25, 0.3) is 0 Å². The lowest BCUT2D eigenvalue weighted by molar-refractivity contribution is -0.282. The third kappa shape index (κ3) is 1.93. The lowest BCUT2D eigenvalue weighted by Gasteiger charge is -2.52. The number of hydrogen-bond donors (Lipinski definition) is 0. The van der Waals surface area contributed by atoms with Crippen molar-refractivity contribution >= 4 is 30.0 Å². The van der Waals surface area contributed by atoms with Crippen LogP contribution in [0.25, 0.3) is 0 Å². The Labute approximate surface area is 161 Å². The van der Waals surface area contributed by atoms with Crippen molar-refractivity contribution in [3.05, 3.63) is 0 Å². The molecule has 0 aliphatic carbocycles. The molecular weight excluding hydrogens is 372 g/mol. The first kappa shape index (κ1) is 18.6. The van der Waals surface area contributed by atoms with Gasteiger partial charge in [-0.1, -0.05) is 0 Å². The summed E-state index contributed by atoms with van der Waals surface area (Å²) in [5, 5.41) is 1.44. The molecule has 12 nitrogen and oxygen atoms in total. The van der Waals surface area contributed by atoms with E-state index in [0.717, 1.165) is 0 Å². The Kier molecular flexibility index (Phi) is 3.91. The maximum atomic E-state index is 12.6. The summed E-state index contributed by atoms with van der Waals surface area (Å²) in [5.41, 5.74) is 0. The van der Waals surface area contributed by atoms with Crippen LogP contribution in [0.2, 0.25) is 0 Å². The van der Waals surface area contributed by atoms with Crippen molar-refractivity contribution in [3.8, 4) is 0 Å². The molecule has 0 N–H and O–H groups in total. The third-order valence-electron chi connectivity index (χ3n) is 6.00. The SMILES string of the molecule is CON1C2C3N(C=O)C4C1N(C(C)=O)C(C(N3C(C)=O)N2C(C)=O)N4C(C)=O. The minimum atomic E-state index is -0.935. The molecular formula is C16H22N6O6. The maximum Gasteiger partial charge on any atom is 0.222 e. The standard InChI is InChI=1S/C16H22N6O6/c1-7(24)18-11-15-20(9(3)26)13(18)14-19(8(2)25)12(17(11)6-23)16(22(15)28-5)21(14)10(4)27/h6,11-16H,1-5H3. The molecule has 5 rings (SSSR count). The molecule has 5 amide bonds. The van der Waals surface area contributed by atoms with E-state index in [1.807, 2.05) is 0 Å². The lowest BCUT2D eigenvalue weighted by Crippen LogP contribution is -2.74. The number of nitrogens with zero attached hydrogens (tertiary/aromatic N) is 6. The number of piperazine rings is 1. The highest BCUT2D eigenvalue weighted by Gasteiger charge is 2.75. The molecule has 5 aliphatic rings. The molecule has 5 saturated heterocycles. The van der Waals surface area contributed by atoms with Crippen LogP contribution in [0.5, 0.6) is 0 Å². The number of carbonyl (C=O) groups excluding carboxylic acids is 5. The van der Waals surface area contributed by atoms with Gasteiger partial charge in [0.2, 0.25) is 30.0 Å². The van der Waals surface area contributed by atoms with Crippen molar-refractivity contribution in [2.75, 3.05) is 7.11 Å². The van der Waals surface area contributed by atoms with Gasteiger partial charge in [0.05, 0.1) is 7.11 Å². The number of rotatable bonds is 2. The zero-order valence-electron chi connectivity index (χ0n) is 16.2. The molecule has 0 radical (unpaired) electrons. The average Bonchev–Trinajstić information content (AvgIpc) is 3.05. The maximum absolute atomic E-state index is 12.6. The van der Waals surface area contributed by atoms with E-state index in [4.69, 9.17) is 4.84 Å². The number of amides is 5. The Morgan fingerprint density at radius 1 is 0.643 bits per heavy atom. The van der Waals surface area contributed by atoms with E-state index in [-0.39, 0.29) is 23.6 Å². The first-order chi connectivity index (χ1) is 13.2. The predicted molar refractivity (Wildman–Crippen MR) is 89.6 cm³/mol. The molecule has 6 unspecified atom stereocenters. The zero-order chi connectivity index (χ0) is 20.7. The van der Waals surface area contributed by atoms with E-state index in [1.54, 1.807) is 0 Å². The zero-order valence-corrected chi connectivity index (χ0v) is 16.2. The molecule has 0 spiro atoms. The third-order valence-corrected chi connectivity index (χ3v) is 6.00. The first-order valence-corrected chi connectivity index (χ1v) is 8.89. The summed E-state index contributed by atoms with van der Waals surface area (Å²) < 4.78 is 0. The summed E-state index contributed by atoms with van der Waals surface area (Å²) in [6, 6.07) is 0. The van der Waals surface area contributed by atoms with Crippen LogP contribution in [0.1, 0.15) is 27.7 Å². The fraction of sp³-hybridized carbons (Fsp3) is 0.688. The van der Waals surface area contributed by atoms with Crippen molar-refractivity contribution in [3.63, 3.8) is 0 Å². The first-order valence-electron chi connectivity index (χ1n) is 8.89. The number of hydroxylamine groups is 2. The molecule has 0 aromatic heterocycles. The van der Waals surface area contributed by atoms with Gasteiger partial charge in [-0.3, -0.25) is 53.3 Å². The summed E-state index contributed by atoms with van der Waals surface area (Å²) in [4.78, 5) is 75.1. The smallest absolute Gasteiger partial charge is 0.222 e. The molecule has 0 saturated carbocycles. The van der Waals surface area contributed by atoms with Crippen molar-refractivity contribution < 1.29 is 28.8 Å². The number of hydrogen-bond acceptors (Lipinski definition) is 7. The molecule has 0 aromatic carbocycles. The lowest BCUT2D eigenvalue weighted by atomic mass is 10.1. The fourth-order valence-corrected chi connectivity index (χ4v) is 5.29. The molecule has 152 valence electrons. The van der Waals surface area contributed by atoms with Crippen molar-refractivity contribution in [1.29, 1.82) is 0 Å². The van der Waals surface area contributed by atoms with E-state index in [2.05, 4.69) is 0 Å². The Morgan fingerprint density at radius 3 is 1.21 bits per heavy atom. The van der Waals surface area contributed by atoms with Gasteiger partial charge >= 0.3 is 0 Å².